The number of pyridine rings is 1. The SMILES string of the molecule is CC(C)(C)OC(=O)N1CCC(c2cc(Cl)cnc2F)C2(CC2)C1. The summed E-state index contributed by atoms with van der Waals surface area (Å²) in [4.78, 5) is 17.8. The fourth-order valence-corrected chi connectivity index (χ4v) is 3.64. The van der Waals surface area contributed by atoms with Crippen LogP contribution in [0.4, 0.5) is 9.18 Å². The third-order valence-electron chi connectivity index (χ3n) is 4.68. The number of aromatic nitrogens is 1. The summed E-state index contributed by atoms with van der Waals surface area (Å²) in [6, 6.07) is 1.68. The molecule has 1 aromatic rings. The lowest BCUT2D eigenvalue weighted by atomic mass is 9.78. The maximum atomic E-state index is 14.1. The van der Waals surface area contributed by atoms with E-state index in [2.05, 4.69) is 4.98 Å². The number of piperidine rings is 1. The van der Waals surface area contributed by atoms with Crippen molar-refractivity contribution in [2.75, 3.05) is 13.1 Å². The van der Waals surface area contributed by atoms with Crippen LogP contribution in [-0.4, -0.2) is 34.7 Å². The Kier molecular flexibility index (Phi) is 4.03. The first-order valence-corrected chi connectivity index (χ1v) is 8.37. The third-order valence-corrected chi connectivity index (χ3v) is 4.89. The minimum atomic E-state index is -0.506. The van der Waals surface area contributed by atoms with Gasteiger partial charge in [0, 0.05) is 24.8 Å². The number of likely N-dealkylation sites (tertiary alicyclic amines) is 1. The van der Waals surface area contributed by atoms with Crippen LogP contribution in [0, 0.1) is 11.4 Å². The molecule has 0 N–H and O–H groups in total. The second-order valence-corrected chi connectivity index (χ2v) is 8.08. The fraction of sp³-hybridized carbons (Fsp3) is 0.647. The van der Waals surface area contributed by atoms with Crippen LogP contribution in [0.2, 0.25) is 5.02 Å². The van der Waals surface area contributed by atoms with E-state index in [0.29, 0.717) is 30.1 Å². The minimum Gasteiger partial charge on any atom is -0.444 e. The van der Waals surface area contributed by atoms with Gasteiger partial charge in [-0.05, 0) is 57.4 Å². The molecule has 0 radical (unpaired) electrons. The first-order valence-electron chi connectivity index (χ1n) is 7.99. The number of carbonyl (C=O) groups is 1. The van der Waals surface area contributed by atoms with E-state index >= 15 is 0 Å². The Bertz CT molecular complexity index is 626. The van der Waals surface area contributed by atoms with Crippen LogP contribution in [0.5, 0.6) is 0 Å². The van der Waals surface area contributed by atoms with E-state index in [4.69, 9.17) is 16.3 Å². The van der Waals surface area contributed by atoms with Crippen molar-refractivity contribution < 1.29 is 13.9 Å². The number of hydrogen-bond donors (Lipinski definition) is 0. The highest BCUT2D eigenvalue weighted by Gasteiger charge is 2.54. The van der Waals surface area contributed by atoms with E-state index in [9.17, 15) is 9.18 Å². The molecule has 0 bridgehead atoms. The second kappa shape index (κ2) is 5.62. The Morgan fingerprint density at radius 1 is 1.48 bits per heavy atom. The molecule has 1 aliphatic heterocycles. The zero-order valence-corrected chi connectivity index (χ0v) is 14.5. The molecular weight excluding hydrogens is 319 g/mol. The zero-order valence-electron chi connectivity index (χ0n) is 13.7. The summed E-state index contributed by atoms with van der Waals surface area (Å²) >= 11 is 5.99. The van der Waals surface area contributed by atoms with Gasteiger partial charge in [-0.3, -0.25) is 0 Å². The summed E-state index contributed by atoms with van der Waals surface area (Å²) in [7, 11) is 0. The van der Waals surface area contributed by atoms with Crippen LogP contribution in [0.3, 0.4) is 0 Å². The van der Waals surface area contributed by atoms with Gasteiger partial charge in [-0.2, -0.15) is 4.39 Å². The van der Waals surface area contributed by atoms with Gasteiger partial charge in [0.2, 0.25) is 5.95 Å². The summed E-state index contributed by atoms with van der Waals surface area (Å²) in [5.74, 6) is -0.385. The molecule has 1 unspecified atom stereocenters. The Labute approximate surface area is 141 Å². The largest absolute Gasteiger partial charge is 0.444 e. The van der Waals surface area contributed by atoms with Crippen molar-refractivity contribution in [1.82, 2.24) is 9.88 Å². The van der Waals surface area contributed by atoms with E-state index in [0.717, 1.165) is 12.8 Å². The number of rotatable bonds is 1. The highest BCUT2D eigenvalue weighted by Crippen LogP contribution is 2.60. The number of ether oxygens (including phenoxy) is 1. The number of carbonyl (C=O) groups excluding carboxylic acids is 1. The van der Waals surface area contributed by atoms with Crippen LogP contribution < -0.4 is 0 Å². The monoisotopic (exact) mass is 340 g/mol. The molecule has 1 aliphatic carbocycles. The molecule has 1 atom stereocenters. The van der Waals surface area contributed by atoms with Crippen molar-refractivity contribution in [1.29, 1.82) is 0 Å². The Morgan fingerprint density at radius 2 is 2.17 bits per heavy atom. The second-order valence-electron chi connectivity index (χ2n) is 7.64. The third kappa shape index (κ3) is 3.44. The van der Waals surface area contributed by atoms with Gasteiger partial charge in [0.1, 0.15) is 5.60 Å². The molecule has 2 aliphatic rings. The molecule has 1 spiro atoms. The highest BCUT2D eigenvalue weighted by atomic mass is 35.5. The molecule has 1 saturated heterocycles. The summed E-state index contributed by atoms with van der Waals surface area (Å²) in [6.45, 7) is 6.75. The van der Waals surface area contributed by atoms with Crippen molar-refractivity contribution in [3.63, 3.8) is 0 Å². The number of nitrogens with zero attached hydrogens (tertiary/aromatic N) is 2. The molecule has 6 heteroatoms. The van der Waals surface area contributed by atoms with Crippen molar-refractivity contribution in [2.24, 2.45) is 5.41 Å². The van der Waals surface area contributed by atoms with Gasteiger partial charge in [0.25, 0.3) is 0 Å². The first kappa shape index (κ1) is 16.5. The van der Waals surface area contributed by atoms with E-state index in [1.165, 1.54) is 6.20 Å². The topological polar surface area (TPSA) is 42.4 Å². The lowest BCUT2D eigenvalue weighted by Gasteiger charge is -2.39. The molecular formula is C17H22ClFN2O2. The summed E-state index contributed by atoms with van der Waals surface area (Å²) in [5.41, 5.74) is 0.0227. The van der Waals surface area contributed by atoms with Crippen molar-refractivity contribution >= 4 is 17.7 Å². The van der Waals surface area contributed by atoms with Gasteiger partial charge >= 0.3 is 6.09 Å². The van der Waals surface area contributed by atoms with E-state index in [1.807, 2.05) is 20.8 Å². The van der Waals surface area contributed by atoms with Gasteiger partial charge in [-0.25, -0.2) is 9.78 Å². The van der Waals surface area contributed by atoms with Crippen LogP contribution >= 0.6 is 11.6 Å². The Balaban J connectivity index is 1.77. The average Bonchev–Trinajstić information content (AvgIpc) is 3.20. The fourth-order valence-electron chi connectivity index (χ4n) is 3.48. The lowest BCUT2D eigenvalue weighted by Crippen LogP contribution is -2.46. The summed E-state index contributed by atoms with van der Waals surface area (Å²) in [6.07, 6.45) is 3.73. The molecule has 23 heavy (non-hydrogen) atoms. The summed E-state index contributed by atoms with van der Waals surface area (Å²) in [5, 5.41) is 0.451. The standard InChI is InChI=1S/C17H22ClFN2O2/c1-16(2,3)23-15(22)21-7-4-13(17(10-21)5-6-17)12-8-11(18)9-20-14(12)19/h8-9,13H,4-7,10H2,1-3H3. The van der Waals surface area contributed by atoms with Gasteiger partial charge < -0.3 is 9.64 Å². The zero-order chi connectivity index (χ0) is 16.8. The van der Waals surface area contributed by atoms with E-state index in [-0.39, 0.29) is 17.4 Å². The molecule has 1 saturated carbocycles. The number of amides is 1. The first-order chi connectivity index (χ1) is 10.7. The highest BCUT2D eigenvalue weighted by molar-refractivity contribution is 6.30. The maximum Gasteiger partial charge on any atom is 0.410 e. The molecule has 2 fully saturated rings. The van der Waals surface area contributed by atoms with Crippen LogP contribution in [0.1, 0.15) is 51.5 Å². The quantitative estimate of drug-likeness (QED) is 0.712. The minimum absolute atomic E-state index is 0.0532. The van der Waals surface area contributed by atoms with Crippen LogP contribution in [0.15, 0.2) is 12.3 Å². The summed E-state index contributed by atoms with van der Waals surface area (Å²) < 4.78 is 19.6. The van der Waals surface area contributed by atoms with Crippen LogP contribution in [-0.2, 0) is 4.74 Å². The normalized spacial score (nSPS) is 23.0. The van der Waals surface area contributed by atoms with E-state index in [1.54, 1.807) is 11.0 Å². The molecule has 3 rings (SSSR count). The van der Waals surface area contributed by atoms with Gasteiger partial charge in [-0.15, -0.1) is 0 Å². The maximum absolute atomic E-state index is 14.1. The smallest absolute Gasteiger partial charge is 0.410 e. The molecule has 4 nitrogen and oxygen atoms in total. The Hall–Kier alpha value is -1.36. The van der Waals surface area contributed by atoms with Gasteiger partial charge in [0.05, 0.1) is 5.02 Å². The van der Waals surface area contributed by atoms with Crippen molar-refractivity contribution in [3.8, 4) is 0 Å². The molecule has 0 aromatic carbocycles. The van der Waals surface area contributed by atoms with Gasteiger partial charge in [-0.1, -0.05) is 11.6 Å². The number of hydrogen-bond acceptors (Lipinski definition) is 3. The molecule has 1 amide bonds. The Morgan fingerprint density at radius 3 is 2.78 bits per heavy atom. The average molecular weight is 341 g/mol. The van der Waals surface area contributed by atoms with Crippen LogP contribution in [0.25, 0.3) is 0 Å². The number of halogens is 2. The predicted octanol–water partition coefficient (Wildman–Crippen LogP) is 4.38. The van der Waals surface area contributed by atoms with Crippen molar-refractivity contribution in [3.05, 3.63) is 28.8 Å². The van der Waals surface area contributed by atoms with Gasteiger partial charge in [0.15, 0.2) is 0 Å². The van der Waals surface area contributed by atoms with E-state index < -0.39 is 11.5 Å². The molecule has 1 aromatic heterocycles. The lowest BCUT2D eigenvalue weighted by molar-refractivity contribution is 0.0120. The predicted molar refractivity (Wildman–Crippen MR) is 86.0 cm³/mol. The molecule has 126 valence electrons. The molecule has 2 heterocycles. The van der Waals surface area contributed by atoms with Crippen molar-refractivity contribution in [2.45, 2.75) is 51.6 Å².